The van der Waals surface area contributed by atoms with Crippen molar-refractivity contribution in [3.63, 3.8) is 0 Å². The number of carbonyl (C=O) groups is 1. The van der Waals surface area contributed by atoms with Gasteiger partial charge >= 0.3 is 0 Å². The molecule has 0 saturated heterocycles. The van der Waals surface area contributed by atoms with E-state index in [-0.39, 0.29) is 5.92 Å². The second-order valence-electron chi connectivity index (χ2n) is 8.00. The monoisotopic (exact) mass is 292 g/mol. The molecule has 120 valence electrons. The second kappa shape index (κ2) is 6.68. The molecular weight excluding hydrogens is 260 g/mol. The highest BCUT2D eigenvalue weighted by atomic mass is 16.1. The van der Waals surface area contributed by atoms with Crippen molar-refractivity contribution in [2.24, 2.45) is 29.4 Å². The van der Waals surface area contributed by atoms with Gasteiger partial charge in [-0.1, -0.05) is 39.0 Å². The minimum absolute atomic E-state index is 0.185. The van der Waals surface area contributed by atoms with Crippen LogP contribution >= 0.6 is 0 Å². The highest BCUT2D eigenvalue weighted by Gasteiger charge is 2.40. The van der Waals surface area contributed by atoms with Crippen LogP contribution in [-0.2, 0) is 4.79 Å². The Hall–Kier alpha value is -0.570. The van der Waals surface area contributed by atoms with Gasteiger partial charge in [-0.15, -0.1) is 0 Å². The molecule has 3 rings (SSSR count). The van der Waals surface area contributed by atoms with E-state index < -0.39 is 0 Å². The van der Waals surface area contributed by atoms with Crippen molar-refractivity contribution in [3.05, 3.63) is 0 Å². The van der Waals surface area contributed by atoms with Gasteiger partial charge in [0.2, 0.25) is 5.91 Å². The average Bonchev–Trinajstić information content (AvgIpc) is 2.92. The Morgan fingerprint density at radius 3 is 2.33 bits per heavy atom. The lowest BCUT2D eigenvalue weighted by molar-refractivity contribution is -0.127. The maximum atomic E-state index is 12.6. The number of amides is 1. The van der Waals surface area contributed by atoms with Crippen LogP contribution in [0.25, 0.3) is 0 Å². The first-order valence-corrected chi connectivity index (χ1v) is 9.19. The van der Waals surface area contributed by atoms with Gasteiger partial charge in [0.1, 0.15) is 0 Å². The fraction of sp³-hybridized carbons (Fsp3) is 0.944. The zero-order valence-electron chi connectivity index (χ0n) is 13.5. The van der Waals surface area contributed by atoms with Crippen molar-refractivity contribution < 1.29 is 4.79 Å². The van der Waals surface area contributed by atoms with Crippen molar-refractivity contribution in [2.75, 3.05) is 0 Å². The van der Waals surface area contributed by atoms with E-state index >= 15 is 0 Å². The zero-order valence-corrected chi connectivity index (χ0v) is 13.5. The SMILES string of the molecule is CC(CC1CCCC1)C(=O)NC1C2CCCC1CC(N)C2. The number of fused-ring (bicyclic) bond motifs is 2. The largest absolute Gasteiger partial charge is 0.353 e. The molecule has 21 heavy (non-hydrogen) atoms. The van der Waals surface area contributed by atoms with Crippen molar-refractivity contribution in [1.82, 2.24) is 5.32 Å². The highest BCUT2D eigenvalue weighted by Crippen LogP contribution is 2.40. The normalized spacial score (nSPS) is 38.2. The van der Waals surface area contributed by atoms with E-state index in [0.29, 0.717) is 29.8 Å². The lowest BCUT2D eigenvalue weighted by Gasteiger charge is -2.45. The van der Waals surface area contributed by atoms with Crippen LogP contribution in [0.15, 0.2) is 0 Å². The van der Waals surface area contributed by atoms with Gasteiger partial charge in [0, 0.05) is 18.0 Å². The summed E-state index contributed by atoms with van der Waals surface area (Å²) in [5.41, 5.74) is 6.17. The molecule has 3 nitrogen and oxygen atoms in total. The van der Waals surface area contributed by atoms with E-state index in [1.54, 1.807) is 0 Å². The maximum absolute atomic E-state index is 12.6. The van der Waals surface area contributed by atoms with Gasteiger partial charge in [0.15, 0.2) is 0 Å². The quantitative estimate of drug-likeness (QED) is 0.836. The smallest absolute Gasteiger partial charge is 0.223 e. The third-order valence-electron chi connectivity index (χ3n) is 6.29. The highest BCUT2D eigenvalue weighted by molar-refractivity contribution is 5.78. The predicted octanol–water partition coefficient (Wildman–Crippen LogP) is 3.23. The fourth-order valence-electron chi connectivity index (χ4n) is 5.18. The van der Waals surface area contributed by atoms with Gasteiger partial charge in [0.25, 0.3) is 0 Å². The molecule has 1 amide bonds. The Morgan fingerprint density at radius 2 is 1.71 bits per heavy atom. The second-order valence-corrected chi connectivity index (χ2v) is 8.00. The fourth-order valence-corrected chi connectivity index (χ4v) is 5.18. The van der Waals surface area contributed by atoms with Crippen LogP contribution in [0, 0.1) is 23.7 Å². The first kappa shape index (κ1) is 15.3. The number of rotatable bonds is 4. The summed E-state index contributed by atoms with van der Waals surface area (Å²) >= 11 is 0. The van der Waals surface area contributed by atoms with E-state index in [1.807, 2.05) is 0 Å². The van der Waals surface area contributed by atoms with Crippen LogP contribution in [0.2, 0.25) is 0 Å². The van der Waals surface area contributed by atoms with Crippen LogP contribution in [0.3, 0.4) is 0 Å². The Morgan fingerprint density at radius 1 is 1.10 bits per heavy atom. The van der Waals surface area contributed by atoms with Gasteiger partial charge < -0.3 is 11.1 Å². The summed E-state index contributed by atoms with van der Waals surface area (Å²) in [5.74, 6) is 2.55. The number of hydrogen-bond acceptors (Lipinski definition) is 2. The Bertz CT molecular complexity index is 350. The zero-order chi connectivity index (χ0) is 14.8. The summed E-state index contributed by atoms with van der Waals surface area (Å²) in [5, 5.41) is 3.42. The molecule has 0 aromatic rings. The topological polar surface area (TPSA) is 55.1 Å². The van der Waals surface area contributed by atoms with Crippen LogP contribution in [0.5, 0.6) is 0 Å². The maximum Gasteiger partial charge on any atom is 0.223 e. The predicted molar refractivity (Wildman–Crippen MR) is 85.7 cm³/mol. The Kier molecular flexibility index (Phi) is 4.88. The molecule has 0 aromatic carbocycles. The van der Waals surface area contributed by atoms with Crippen LogP contribution in [0.4, 0.5) is 0 Å². The first-order valence-electron chi connectivity index (χ1n) is 9.19. The third-order valence-corrected chi connectivity index (χ3v) is 6.29. The van der Waals surface area contributed by atoms with Crippen molar-refractivity contribution in [2.45, 2.75) is 83.2 Å². The Labute approximate surface area is 129 Å². The molecule has 0 aliphatic heterocycles. The van der Waals surface area contributed by atoms with Gasteiger partial charge in [-0.3, -0.25) is 4.79 Å². The molecule has 3 atom stereocenters. The minimum atomic E-state index is 0.185. The molecular formula is C18H32N2O. The van der Waals surface area contributed by atoms with Crippen LogP contribution in [0.1, 0.15) is 71.1 Å². The van der Waals surface area contributed by atoms with E-state index in [2.05, 4.69) is 12.2 Å². The standard InChI is InChI=1S/C18H32N2O/c1-12(9-13-5-2-3-6-13)18(21)20-17-14-7-4-8-15(17)11-16(19)10-14/h12-17H,2-11,19H2,1H3,(H,20,21). The summed E-state index contributed by atoms with van der Waals surface area (Å²) < 4.78 is 0. The number of carbonyl (C=O) groups excluding carboxylic acids is 1. The third kappa shape index (κ3) is 3.61. The molecule has 3 aliphatic rings. The molecule has 0 radical (unpaired) electrons. The van der Waals surface area contributed by atoms with E-state index in [1.165, 1.54) is 44.9 Å². The molecule has 3 unspecified atom stereocenters. The van der Waals surface area contributed by atoms with Crippen molar-refractivity contribution in [1.29, 1.82) is 0 Å². The molecule has 0 heterocycles. The van der Waals surface area contributed by atoms with Crippen LogP contribution in [-0.4, -0.2) is 18.0 Å². The summed E-state index contributed by atoms with van der Waals surface area (Å²) in [6.07, 6.45) is 12.5. The summed E-state index contributed by atoms with van der Waals surface area (Å²) in [6, 6.07) is 0.779. The summed E-state index contributed by atoms with van der Waals surface area (Å²) in [4.78, 5) is 12.6. The van der Waals surface area contributed by atoms with Gasteiger partial charge in [-0.2, -0.15) is 0 Å². The van der Waals surface area contributed by atoms with Crippen molar-refractivity contribution >= 4 is 5.91 Å². The molecule has 3 aliphatic carbocycles. The summed E-state index contributed by atoms with van der Waals surface area (Å²) in [6.45, 7) is 2.12. The first-order chi connectivity index (χ1) is 10.1. The lowest BCUT2D eigenvalue weighted by Crippen LogP contribution is -2.54. The van der Waals surface area contributed by atoms with E-state index in [4.69, 9.17) is 5.73 Å². The molecule has 2 bridgehead atoms. The molecule has 3 heteroatoms. The van der Waals surface area contributed by atoms with Crippen LogP contribution < -0.4 is 11.1 Å². The molecule has 0 aromatic heterocycles. The van der Waals surface area contributed by atoms with Gasteiger partial charge in [-0.25, -0.2) is 0 Å². The molecule has 3 fully saturated rings. The van der Waals surface area contributed by atoms with Gasteiger partial charge in [0.05, 0.1) is 0 Å². The van der Waals surface area contributed by atoms with E-state index in [9.17, 15) is 4.79 Å². The molecule has 0 spiro atoms. The van der Waals surface area contributed by atoms with Crippen molar-refractivity contribution in [3.8, 4) is 0 Å². The lowest BCUT2D eigenvalue weighted by atomic mass is 9.67. The average molecular weight is 292 g/mol. The summed E-state index contributed by atoms with van der Waals surface area (Å²) in [7, 11) is 0. The molecule has 3 saturated carbocycles. The number of nitrogens with two attached hydrogens (primary N) is 1. The van der Waals surface area contributed by atoms with Gasteiger partial charge in [-0.05, 0) is 49.9 Å². The minimum Gasteiger partial charge on any atom is -0.353 e. The van der Waals surface area contributed by atoms with E-state index in [0.717, 1.165) is 25.2 Å². The molecule has 3 N–H and O–H groups in total. The number of hydrogen-bond donors (Lipinski definition) is 2. The Balaban J connectivity index is 1.53. The number of nitrogens with one attached hydrogen (secondary N) is 1.